The van der Waals surface area contributed by atoms with Crippen LogP contribution in [0.25, 0.3) is 0 Å². The first-order valence-corrected chi connectivity index (χ1v) is 4.56. The summed E-state index contributed by atoms with van der Waals surface area (Å²) in [5.74, 6) is 1.49. The summed E-state index contributed by atoms with van der Waals surface area (Å²) in [4.78, 5) is 13.7. The molecule has 2 aliphatic carbocycles. The van der Waals surface area contributed by atoms with Crippen LogP contribution in [0.5, 0.6) is 0 Å². The van der Waals surface area contributed by atoms with E-state index in [0.29, 0.717) is 0 Å². The summed E-state index contributed by atoms with van der Waals surface area (Å²) in [7, 11) is 0. The number of aromatic amines is 1. The molecule has 2 heteroatoms. The van der Waals surface area contributed by atoms with E-state index >= 15 is 0 Å². The van der Waals surface area contributed by atoms with Gasteiger partial charge in [0.25, 0.3) is 0 Å². The number of aldehydes is 1. The Labute approximate surface area is 71.0 Å². The third kappa shape index (κ3) is 0.631. The Hall–Kier alpha value is -1.05. The second kappa shape index (κ2) is 2.00. The summed E-state index contributed by atoms with van der Waals surface area (Å²) in [6.07, 6.45) is 4.88. The van der Waals surface area contributed by atoms with Gasteiger partial charge in [0.2, 0.25) is 0 Å². The molecule has 12 heavy (non-hydrogen) atoms. The normalized spacial score (nSPS) is 30.7. The van der Waals surface area contributed by atoms with Gasteiger partial charge >= 0.3 is 0 Å². The number of hydrogen-bond donors (Lipinski definition) is 1. The Bertz CT molecular complexity index is 312. The summed E-state index contributed by atoms with van der Waals surface area (Å²) >= 11 is 0. The Kier molecular flexibility index (Phi) is 1.08. The zero-order valence-corrected chi connectivity index (χ0v) is 6.84. The fourth-order valence-electron chi connectivity index (χ4n) is 2.77. The number of carbonyl (C=O) groups excluding carboxylic acids is 1. The van der Waals surface area contributed by atoms with Crippen molar-refractivity contribution in [3.8, 4) is 0 Å². The summed E-state index contributed by atoms with van der Waals surface area (Å²) in [6.45, 7) is 0. The highest BCUT2D eigenvalue weighted by Gasteiger charge is 2.38. The second-order valence-electron chi connectivity index (χ2n) is 3.92. The van der Waals surface area contributed by atoms with Crippen LogP contribution in [0.4, 0.5) is 0 Å². The number of aromatic nitrogens is 1. The van der Waals surface area contributed by atoms with Crippen LogP contribution in [-0.2, 0) is 0 Å². The van der Waals surface area contributed by atoms with Gasteiger partial charge in [-0.2, -0.15) is 0 Å². The molecule has 3 rings (SSSR count). The van der Waals surface area contributed by atoms with E-state index < -0.39 is 0 Å². The average Bonchev–Trinajstić information content (AvgIpc) is 2.75. The number of rotatable bonds is 1. The molecule has 2 aliphatic rings. The highest BCUT2D eigenvalue weighted by atomic mass is 16.1. The third-order valence-corrected chi connectivity index (χ3v) is 3.31. The minimum absolute atomic E-state index is 0.735. The van der Waals surface area contributed by atoms with Crippen molar-refractivity contribution in [3.05, 3.63) is 23.0 Å². The first-order chi connectivity index (χ1) is 5.88. The molecule has 0 radical (unpaired) electrons. The van der Waals surface area contributed by atoms with E-state index in [9.17, 15) is 4.79 Å². The van der Waals surface area contributed by atoms with Crippen LogP contribution in [0, 0.1) is 0 Å². The maximum absolute atomic E-state index is 10.5. The molecule has 2 atom stereocenters. The fourth-order valence-corrected chi connectivity index (χ4v) is 2.77. The Morgan fingerprint density at radius 1 is 1.42 bits per heavy atom. The number of nitrogens with one attached hydrogen (secondary N) is 1. The first-order valence-electron chi connectivity index (χ1n) is 4.56. The highest BCUT2D eigenvalue weighted by Crippen LogP contribution is 2.52. The lowest BCUT2D eigenvalue weighted by molar-refractivity contribution is 0.111. The summed E-state index contributed by atoms with van der Waals surface area (Å²) in [5.41, 5.74) is 3.54. The van der Waals surface area contributed by atoms with E-state index in [1.54, 1.807) is 0 Å². The SMILES string of the molecule is O=Cc1cc2c([nH]1)C1CCC2C1. The monoisotopic (exact) mass is 161 g/mol. The summed E-state index contributed by atoms with van der Waals surface area (Å²) in [5, 5.41) is 0. The van der Waals surface area contributed by atoms with Gasteiger partial charge in [0, 0.05) is 5.69 Å². The van der Waals surface area contributed by atoms with Crippen LogP contribution >= 0.6 is 0 Å². The number of carbonyl (C=O) groups is 1. The van der Waals surface area contributed by atoms with Crippen LogP contribution in [0.2, 0.25) is 0 Å². The maximum atomic E-state index is 10.5. The molecule has 2 bridgehead atoms. The van der Waals surface area contributed by atoms with Crippen molar-refractivity contribution in [2.45, 2.75) is 31.1 Å². The fraction of sp³-hybridized carbons (Fsp3) is 0.500. The number of H-pyrrole nitrogens is 1. The quantitative estimate of drug-likeness (QED) is 0.629. The molecule has 1 heterocycles. The lowest BCUT2D eigenvalue weighted by Gasteiger charge is -2.08. The van der Waals surface area contributed by atoms with Crippen LogP contribution < -0.4 is 0 Å². The van der Waals surface area contributed by atoms with Crippen molar-refractivity contribution < 1.29 is 4.79 Å². The molecule has 1 fully saturated rings. The first kappa shape index (κ1) is 6.46. The standard InChI is InChI=1S/C10H11NO/c12-5-8-4-9-6-1-2-7(3-6)10(9)11-8/h4-7,11H,1-3H2. The van der Waals surface area contributed by atoms with Gasteiger partial charge in [-0.15, -0.1) is 0 Å². The summed E-state index contributed by atoms with van der Waals surface area (Å²) in [6, 6.07) is 2.03. The zero-order valence-electron chi connectivity index (χ0n) is 6.84. The van der Waals surface area contributed by atoms with Crippen molar-refractivity contribution in [2.24, 2.45) is 0 Å². The van der Waals surface area contributed by atoms with E-state index in [-0.39, 0.29) is 0 Å². The van der Waals surface area contributed by atoms with E-state index in [2.05, 4.69) is 4.98 Å². The molecule has 0 amide bonds. The van der Waals surface area contributed by atoms with Crippen molar-refractivity contribution in [2.75, 3.05) is 0 Å². The van der Waals surface area contributed by atoms with E-state index in [4.69, 9.17) is 0 Å². The molecule has 2 unspecified atom stereocenters. The summed E-state index contributed by atoms with van der Waals surface area (Å²) < 4.78 is 0. The van der Waals surface area contributed by atoms with Gasteiger partial charge in [0.05, 0.1) is 5.69 Å². The molecule has 62 valence electrons. The van der Waals surface area contributed by atoms with Crippen molar-refractivity contribution in [3.63, 3.8) is 0 Å². The zero-order chi connectivity index (χ0) is 8.13. The molecule has 1 N–H and O–H groups in total. The van der Waals surface area contributed by atoms with Crippen molar-refractivity contribution in [1.29, 1.82) is 0 Å². The van der Waals surface area contributed by atoms with Gasteiger partial charge in [-0.1, -0.05) is 0 Å². The predicted octanol–water partition coefficient (Wildman–Crippen LogP) is 2.19. The number of fused-ring (bicyclic) bond motifs is 5. The van der Waals surface area contributed by atoms with Gasteiger partial charge in [-0.25, -0.2) is 0 Å². The molecular formula is C10H11NO. The van der Waals surface area contributed by atoms with Crippen LogP contribution in [0.15, 0.2) is 6.07 Å². The smallest absolute Gasteiger partial charge is 0.166 e. The van der Waals surface area contributed by atoms with Gasteiger partial charge in [-0.05, 0) is 42.7 Å². The molecule has 0 aromatic carbocycles. The molecular weight excluding hydrogens is 150 g/mol. The average molecular weight is 161 g/mol. The lowest BCUT2D eigenvalue weighted by Crippen LogP contribution is -1.94. The molecule has 0 saturated heterocycles. The Balaban J connectivity index is 2.16. The van der Waals surface area contributed by atoms with Crippen LogP contribution in [0.3, 0.4) is 0 Å². The van der Waals surface area contributed by atoms with Gasteiger partial charge < -0.3 is 4.98 Å². The van der Waals surface area contributed by atoms with Crippen molar-refractivity contribution >= 4 is 6.29 Å². The largest absolute Gasteiger partial charge is 0.356 e. The Morgan fingerprint density at radius 2 is 2.25 bits per heavy atom. The highest BCUT2D eigenvalue weighted by molar-refractivity contribution is 5.73. The Morgan fingerprint density at radius 3 is 3.00 bits per heavy atom. The van der Waals surface area contributed by atoms with Crippen LogP contribution in [0.1, 0.15) is 52.8 Å². The molecule has 1 aromatic heterocycles. The maximum Gasteiger partial charge on any atom is 0.166 e. The topological polar surface area (TPSA) is 32.9 Å². The van der Waals surface area contributed by atoms with E-state index in [0.717, 1.165) is 23.8 Å². The molecule has 1 saturated carbocycles. The number of hydrogen-bond acceptors (Lipinski definition) is 1. The molecule has 2 nitrogen and oxygen atoms in total. The minimum Gasteiger partial charge on any atom is -0.356 e. The molecule has 1 aromatic rings. The van der Waals surface area contributed by atoms with Gasteiger partial charge in [-0.3, -0.25) is 4.79 Å². The minimum atomic E-state index is 0.735. The predicted molar refractivity (Wildman–Crippen MR) is 45.5 cm³/mol. The lowest BCUT2D eigenvalue weighted by atomic mass is 9.98. The van der Waals surface area contributed by atoms with Gasteiger partial charge in [0.1, 0.15) is 0 Å². The van der Waals surface area contributed by atoms with E-state index in [1.807, 2.05) is 6.07 Å². The van der Waals surface area contributed by atoms with Crippen LogP contribution in [-0.4, -0.2) is 11.3 Å². The third-order valence-electron chi connectivity index (χ3n) is 3.31. The van der Waals surface area contributed by atoms with Gasteiger partial charge in [0.15, 0.2) is 6.29 Å². The molecule has 0 aliphatic heterocycles. The second-order valence-corrected chi connectivity index (χ2v) is 3.92. The molecule has 0 spiro atoms. The van der Waals surface area contributed by atoms with Crippen molar-refractivity contribution in [1.82, 2.24) is 4.98 Å². The van der Waals surface area contributed by atoms with E-state index in [1.165, 1.54) is 30.5 Å².